The molecular formula is C21H16ClN3O2S. The molecule has 1 N–H and O–H groups in total. The zero-order chi connectivity index (χ0) is 19.7. The molecule has 2 heterocycles. The van der Waals surface area contributed by atoms with E-state index in [-0.39, 0.29) is 11.5 Å². The Morgan fingerprint density at radius 2 is 1.86 bits per heavy atom. The van der Waals surface area contributed by atoms with E-state index >= 15 is 0 Å². The molecule has 2 aromatic heterocycles. The van der Waals surface area contributed by atoms with Crippen LogP contribution in [0, 0.1) is 0 Å². The number of anilines is 1. The molecule has 7 heteroatoms. The molecular weight excluding hydrogens is 394 g/mol. The van der Waals surface area contributed by atoms with Crippen LogP contribution in [-0.4, -0.2) is 15.5 Å². The van der Waals surface area contributed by atoms with Crippen molar-refractivity contribution < 1.29 is 4.79 Å². The number of nitrogens with zero attached hydrogens (tertiary/aromatic N) is 2. The van der Waals surface area contributed by atoms with Gasteiger partial charge >= 0.3 is 0 Å². The van der Waals surface area contributed by atoms with Gasteiger partial charge in [0, 0.05) is 4.88 Å². The second-order valence-corrected chi connectivity index (χ2v) is 7.74. The summed E-state index contributed by atoms with van der Waals surface area (Å²) in [5.41, 5.74) is 1.29. The lowest BCUT2D eigenvalue weighted by atomic mass is 10.2. The van der Waals surface area contributed by atoms with Crippen LogP contribution in [0.25, 0.3) is 20.7 Å². The topological polar surface area (TPSA) is 64.0 Å². The summed E-state index contributed by atoms with van der Waals surface area (Å²) >= 11 is 7.55. The van der Waals surface area contributed by atoms with Gasteiger partial charge in [0.15, 0.2) is 0 Å². The van der Waals surface area contributed by atoms with Crippen LogP contribution in [0.4, 0.5) is 5.69 Å². The molecule has 0 aliphatic carbocycles. The van der Waals surface area contributed by atoms with Crippen molar-refractivity contribution in [3.05, 3.63) is 82.4 Å². The number of fused-ring (bicyclic) bond motifs is 1. The summed E-state index contributed by atoms with van der Waals surface area (Å²) in [6, 6.07) is 17.9. The quantitative estimate of drug-likeness (QED) is 0.517. The number of amides is 1. The highest BCUT2D eigenvalue weighted by molar-refractivity contribution is 7.21. The van der Waals surface area contributed by atoms with E-state index < -0.39 is 6.04 Å². The third-order valence-electron chi connectivity index (χ3n) is 4.46. The van der Waals surface area contributed by atoms with Gasteiger partial charge in [0.1, 0.15) is 10.9 Å². The highest BCUT2D eigenvalue weighted by atomic mass is 35.5. The second-order valence-electron chi connectivity index (χ2n) is 6.30. The van der Waals surface area contributed by atoms with Crippen LogP contribution in [0.5, 0.6) is 0 Å². The van der Waals surface area contributed by atoms with E-state index in [2.05, 4.69) is 10.3 Å². The maximum Gasteiger partial charge on any atom is 0.262 e. The number of para-hydroxylation sites is 1. The van der Waals surface area contributed by atoms with Gasteiger partial charge in [-0.2, -0.15) is 0 Å². The number of carbonyl (C=O) groups is 1. The first-order chi connectivity index (χ1) is 13.5. The summed E-state index contributed by atoms with van der Waals surface area (Å²) in [4.78, 5) is 31.6. The van der Waals surface area contributed by atoms with Crippen LogP contribution in [0.3, 0.4) is 0 Å². The van der Waals surface area contributed by atoms with Crippen LogP contribution >= 0.6 is 22.9 Å². The molecule has 1 atom stereocenters. The first-order valence-corrected chi connectivity index (χ1v) is 9.85. The van der Waals surface area contributed by atoms with Crippen LogP contribution < -0.4 is 10.9 Å². The Hall–Kier alpha value is -2.96. The fourth-order valence-electron chi connectivity index (χ4n) is 2.88. The van der Waals surface area contributed by atoms with Gasteiger partial charge in [-0.3, -0.25) is 14.2 Å². The molecule has 0 bridgehead atoms. The van der Waals surface area contributed by atoms with Gasteiger partial charge < -0.3 is 5.32 Å². The number of benzene rings is 2. The number of hydrogen-bond donors (Lipinski definition) is 1. The summed E-state index contributed by atoms with van der Waals surface area (Å²) in [6.07, 6.45) is 1.42. The number of carbonyl (C=O) groups excluding carboxylic acids is 1. The molecule has 2 aromatic carbocycles. The van der Waals surface area contributed by atoms with Crippen molar-refractivity contribution in [3.8, 4) is 10.4 Å². The van der Waals surface area contributed by atoms with Crippen molar-refractivity contribution >= 4 is 44.7 Å². The zero-order valence-corrected chi connectivity index (χ0v) is 16.5. The Kier molecular flexibility index (Phi) is 4.98. The maximum absolute atomic E-state index is 13.0. The maximum atomic E-state index is 13.0. The number of thiophene rings is 1. The summed E-state index contributed by atoms with van der Waals surface area (Å²) in [5, 5.41) is 3.70. The lowest BCUT2D eigenvalue weighted by molar-refractivity contribution is -0.118. The Bertz CT molecular complexity index is 1220. The van der Waals surface area contributed by atoms with Crippen molar-refractivity contribution in [1.82, 2.24) is 9.55 Å². The van der Waals surface area contributed by atoms with Gasteiger partial charge in [0.05, 0.1) is 22.4 Å². The van der Waals surface area contributed by atoms with E-state index in [1.54, 1.807) is 31.2 Å². The minimum atomic E-state index is -0.735. The number of nitrogens with one attached hydrogen (secondary N) is 1. The molecule has 28 heavy (non-hydrogen) atoms. The van der Waals surface area contributed by atoms with Gasteiger partial charge in [-0.1, -0.05) is 54.1 Å². The SMILES string of the molecule is CC(C(=O)Nc1ccccc1Cl)n1cnc2sc(-c3ccccc3)cc2c1=O. The molecule has 5 nitrogen and oxygen atoms in total. The number of rotatable bonds is 4. The molecule has 0 radical (unpaired) electrons. The summed E-state index contributed by atoms with van der Waals surface area (Å²) in [6.45, 7) is 1.66. The van der Waals surface area contributed by atoms with Crippen LogP contribution in [0.1, 0.15) is 13.0 Å². The lowest BCUT2D eigenvalue weighted by Crippen LogP contribution is -2.31. The minimum absolute atomic E-state index is 0.245. The number of aromatic nitrogens is 2. The van der Waals surface area contributed by atoms with Crippen molar-refractivity contribution in [2.45, 2.75) is 13.0 Å². The van der Waals surface area contributed by atoms with Crippen LogP contribution in [0.2, 0.25) is 5.02 Å². The van der Waals surface area contributed by atoms with Crippen molar-refractivity contribution in [2.75, 3.05) is 5.32 Å². The monoisotopic (exact) mass is 409 g/mol. The average Bonchev–Trinajstić information content (AvgIpc) is 3.15. The Balaban J connectivity index is 1.67. The molecule has 1 unspecified atom stereocenters. The van der Waals surface area contributed by atoms with E-state index in [4.69, 9.17) is 11.6 Å². The minimum Gasteiger partial charge on any atom is -0.323 e. The Labute approximate surface area is 170 Å². The van der Waals surface area contributed by atoms with E-state index in [9.17, 15) is 9.59 Å². The molecule has 0 spiro atoms. The van der Waals surface area contributed by atoms with Crippen molar-refractivity contribution in [3.63, 3.8) is 0 Å². The van der Waals surface area contributed by atoms with Crippen molar-refractivity contribution in [2.24, 2.45) is 0 Å². The Morgan fingerprint density at radius 1 is 1.14 bits per heavy atom. The summed E-state index contributed by atoms with van der Waals surface area (Å²) in [5.74, 6) is -0.338. The average molecular weight is 410 g/mol. The normalized spacial score (nSPS) is 12.1. The molecule has 0 saturated carbocycles. The second kappa shape index (κ2) is 7.58. The van der Waals surface area contributed by atoms with Crippen LogP contribution in [0.15, 0.2) is 71.8 Å². The van der Waals surface area contributed by atoms with E-state index in [0.29, 0.717) is 20.9 Å². The molecule has 0 saturated heterocycles. The zero-order valence-electron chi connectivity index (χ0n) is 14.9. The molecule has 0 aliphatic heterocycles. The summed E-state index contributed by atoms with van der Waals surface area (Å²) < 4.78 is 1.34. The number of hydrogen-bond acceptors (Lipinski definition) is 4. The van der Waals surface area contributed by atoms with Crippen molar-refractivity contribution in [1.29, 1.82) is 0 Å². The number of halogens is 1. The first kappa shape index (κ1) is 18.4. The van der Waals surface area contributed by atoms with Gasteiger partial charge in [-0.25, -0.2) is 4.98 Å². The fraction of sp³-hybridized carbons (Fsp3) is 0.0952. The van der Waals surface area contributed by atoms with Gasteiger partial charge in [-0.15, -0.1) is 11.3 Å². The molecule has 140 valence electrons. The van der Waals surface area contributed by atoms with Crippen LogP contribution in [-0.2, 0) is 4.79 Å². The molecule has 4 aromatic rings. The van der Waals surface area contributed by atoms with Gasteiger partial charge in [-0.05, 0) is 30.7 Å². The molecule has 1 amide bonds. The highest BCUT2D eigenvalue weighted by Gasteiger charge is 2.19. The van der Waals surface area contributed by atoms with E-state index in [1.165, 1.54) is 22.2 Å². The highest BCUT2D eigenvalue weighted by Crippen LogP contribution is 2.30. The Morgan fingerprint density at radius 3 is 2.61 bits per heavy atom. The first-order valence-electron chi connectivity index (χ1n) is 8.66. The van der Waals surface area contributed by atoms with E-state index in [1.807, 2.05) is 36.4 Å². The third kappa shape index (κ3) is 3.44. The molecule has 0 fully saturated rings. The van der Waals surface area contributed by atoms with Gasteiger partial charge in [0.2, 0.25) is 5.91 Å². The molecule has 0 aliphatic rings. The lowest BCUT2D eigenvalue weighted by Gasteiger charge is -2.15. The largest absolute Gasteiger partial charge is 0.323 e. The third-order valence-corrected chi connectivity index (χ3v) is 5.89. The summed E-state index contributed by atoms with van der Waals surface area (Å²) in [7, 11) is 0. The van der Waals surface area contributed by atoms with Gasteiger partial charge in [0.25, 0.3) is 5.56 Å². The predicted octanol–water partition coefficient (Wildman–Crippen LogP) is 4.98. The fourth-order valence-corrected chi connectivity index (χ4v) is 4.06. The standard InChI is InChI=1S/C21H16ClN3O2S/c1-13(19(26)24-17-10-6-5-9-16(17)22)25-12-23-20-15(21(25)27)11-18(28-20)14-7-3-2-4-8-14/h2-13H,1H3,(H,24,26). The van der Waals surface area contributed by atoms with E-state index in [0.717, 1.165) is 10.4 Å². The molecule has 4 rings (SSSR count). The smallest absolute Gasteiger partial charge is 0.262 e. The predicted molar refractivity (Wildman–Crippen MR) is 114 cm³/mol.